The molecular weight excluding hydrogens is 228 g/mol. The Hall–Kier alpha value is -1.59. The highest BCUT2D eigenvalue weighted by Gasteiger charge is 2.14. The Morgan fingerprint density at radius 3 is 2.67 bits per heavy atom. The summed E-state index contributed by atoms with van der Waals surface area (Å²) in [6.07, 6.45) is 0. The van der Waals surface area contributed by atoms with Crippen molar-refractivity contribution in [1.82, 2.24) is 20.2 Å². The largest absolute Gasteiger partial charge is 0.323 e. The number of aromatic nitrogens is 2. The number of rotatable bonds is 5. The van der Waals surface area contributed by atoms with E-state index in [4.69, 9.17) is 0 Å². The smallest absolute Gasteiger partial charge is 0.315 e. The second-order valence-corrected chi connectivity index (χ2v) is 4.67. The van der Waals surface area contributed by atoms with E-state index >= 15 is 0 Å². The zero-order valence-corrected chi connectivity index (χ0v) is 11.1. The summed E-state index contributed by atoms with van der Waals surface area (Å²) in [5.41, 5.74) is 2.75. The molecule has 1 heterocycles. The number of H-pyrrole nitrogens is 2. The molecule has 0 spiro atoms. The quantitative estimate of drug-likeness (QED) is 0.741. The second-order valence-electron chi connectivity index (χ2n) is 4.67. The molecule has 0 bridgehead atoms. The van der Waals surface area contributed by atoms with Gasteiger partial charge in [-0.3, -0.25) is 0 Å². The third kappa shape index (κ3) is 2.63. The van der Waals surface area contributed by atoms with Crippen LogP contribution < -0.4 is 11.0 Å². The summed E-state index contributed by atoms with van der Waals surface area (Å²) in [5, 5.41) is 3.36. The van der Waals surface area contributed by atoms with Crippen LogP contribution in [0.3, 0.4) is 0 Å². The summed E-state index contributed by atoms with van der Waals surface area (Å²) < 4.78 is 0. The van der Waals surface area contributed by atoms with Crippen LogP contribution in [0.15, 0.2) is 23.0 Å². The fourth-order valence-corrected chi connectivity index (χ4v) is 2.14. The number of likely N-dealkylation sites (N-methyl/N-ethyl adjacent to an activating group) is 2. The summed E-state index contributed by atoms with van der Waals surface area (Å²) in [6, 6.07) is 6.35. The molecule has 18 heavy (non-hydrogen) atoms. The minimum Gasteiger partial charge on any atom is -0.315 e. The van der Waals surface area contributed by atoms with Crippen molar-refractivity contribution >= 4 is 11.0 Å². The molecule has 0 radical (unpaired) electrons. The van der Waals surface area contributed by atoms with Crippen molar-refractivity contribution < 1.29 is 0 Å². The monoisotopic (exact) mass is 248 g/mol. The first kappa shape index (κ1) is 12.9. The molecule has 3 N–H and O–H groups in total. The second kappa shape index (κ2) is 5.37. The van der Waals surface area contributed by atoms with Crippen LogP contribution in [-0.2, 0) is 0 Å². The van der Waals surface area contributed by atoms with E-state index in [0.717, 1.165) is 24.1 Å². The van der Waals surface area contributed by atoms with Crippen molar-refractivity contribution in [3.8, 4) is 0 Å². The van der Waals surface area contributed by atoms with Gasteiger partial charge in [0.2, 0.25) is 0 Å². The van der Waals surface area contributed by atoms with Crippen molar-refractivity contribution in [3.05, 3.63) is 34.2 Å². The van der Waals surface area contributed by atoms with Crippen molar-refractivity contribution in [2.75, 3.05) is 27.2 Å². The van der Waals surface area contributed by atoms with Gasteiger partial charge in [0.1, 0.15) is 0 Å². The van der Waals surface area contributed by atoms with Gasteiger partial charge in [-0.25, -0.2) is 4.79 Å². The van der Waals surface area contributed by atoms with Crippen molar-refractivity contribution in [2.45, 2.75) is 13.0 Å². The first-order valence-electron chi connectivity index (χ1n) is 6.21. The fourth-order valence-electron chi connectivity index (χ4n) is 2.14. The summed E-state index contributed by atoms with van der Waals surface area (Å²) >= 11 is 0. The molecule has 2 rings (SSSR count). The number of fused-ring (bicyclic) bond motifs is 1. The van der Waals surface area contributed by atoms with Crippen LogP contribution >= 0.6 is 0 Å². The standard InChI is InChI=1S/C13H20N4O/c1-4-14-8-12(17(2)3)9-5-6-10-11(7-9)16-13(18)15-10/h5-7,12,14H,4,8H2,1-3H3,(H2,15,16,18). The van der Waals surface area contributed by atoms with Gasteiger partial charge in [0.05, 0.1) is 11.0 Å². The molecule has 0 aliphatic rings. The van der Waals surface area contributed by atoms with Crippen LogP contribution in [0.1, 0.15) is 18.5 Å². The number of hydrogen-bond donors (Lipinski definition) is 3. The predicted octanol–water partition coefficient (Wildman–Crippen LogP) is 1.07. The molecule has 2 aromatic rings. The van der Waals surface area contributed by atoms with Gasteiger partial charge in [-0.05, 0) is 38.3 Å². The SMILES string of the molecule is CCNCC(c1ccc2[nH]c(=O)[nH]c2c1)N(C)C. The molecule has 5 heteroatoms. The summed E-state index contributed by atoms with van der Waals surface area (Å²) in [5.74, 6) is 0. The van der Waals surface area contributed by atoms with E-state index in [2.05, 4.69) is 47.3 Å². The summed E-state index contributed by atoms with van der Waals surface area (Å²) in [4.78, 5) is 19.0. The summed E-state index contributed by atoms with van der Waals surface area (Å²) in [6.45, 7) is 3.94. The fraction of sp³-hybridized carbons (Fsp3) is 0.462. The van der Waals surface area contributed by atoms with E-state index in [1.54, 1.807) is 0 Å². The Balaban J connectivity index is 2.34. The Morgan fingerprint density at radius 2 is 2.00 bits per heavy atom. The molecule has 0 aliphatic heterocycles. The van der Waals surface area contributed by atoms with Crippen molar-refractivity contribution in [1.29, 1.82) is 0 Å². The van der Waals surface area contributed by atoms with Gasteiger partial charge >= 0.3 is 5.69 Å². The Labute approximate surface area is 106 Å². The molecule has 0 saturated carbocycles. The topological polar surface area (TPSA) is 63.9 Å². The number of nitrogens with zero attached hydrogens (tertiary/aromatic N) is 1. The van der Waals surface area contributed by atoms with E-state index in [9.17, 15) is 4.79 Å². The minimum atomic E-state index is -0.157. The van der Waals surface area contributed by atoms with Crippen LogP contribution in [0.2, 0.25) is 0 Å². The lowest BCUT2D eigenvalue weighted by molar-refractivity contribution is 0.290. The van der Waals surface area contributed by atoms with Gasteiger partial charge in [-0.1, -0.05) is 13.0 Å². The average molecular weight is 248 g/mol. The van der Waals surface area contributed by atoms with Crippen LogP contribution in [0.5, 0.6) is 0 Å². The Kier molecular flexibility index (Phi) is 3.84. The van der Waals surface area contributed by atoms with E-state index in [-0.39, 0.29) is 5.69 Å². The first-order valence-corrected chi connectivity index (χ1v) is 6.21. The maximum atomic E-state index is 11.2. The third-order valence-electron chi connectivity index (χ3n) is 3.14. The predicted molar refractivity (Wildman–Crippen MR) is 73.9 cm³/mol. The van der Waals surface area contributed by atoms with Crippen LogP contribution in [0, 0.1) is 0 Å². The molecule has 1 unspecified atom stereocenters. The molecular formula is C13H20N4O. The van der Waals surface area contributed by atoms with Gasteiger partial charge < -0.3 is 20.2 Å². The molecule has 0 amide bonds. The molecule has 1 aromatic heterocycles. The van der Waals surface area contributed by atoms with Gasteiger partial charge in [0, 0.05) is 12.6 Å². The lowest BCUT2D eigenvalue weighted by Crippen LogP contribution is -2.30. The lowest BCUT2D eigenvalue weighted by Gasteiger charge is -2.25. The number of aromatic amines is 2. The number of benzene rings is 1. The van der Waals surface area contributed by atoms with E-state index in [1.807, 2.05) is 12.1 Å². The van der Waals surface area contributed by atoms with Crippen LogP contribution in [0.25, 0.3) is 11.0 Å². The molecule has 5 nitrogen and oxygen atoms in total. The molecule has 0 saturated heterocycles. The van der Waals surface area contributed by atoms with Crippen LogP contribution in [0.4, 0.5) is 0 Å². The Morgan fingerprint density at radius 1 is 1.28 bits per heavy atom. The first-order chi connectivity index (χ1) is 8.61. The number of hydrogen-bond acceptors (Lipinski definition) is 3. The number of imidazole rings is 1. The normalized spacial score (nSPS) is 13.3. The minimum absolute atomic E-state index is 0.157. The van der Waals surface area contributed by atoms with Crippen LogP contribution in [-0.4, -0.2) is 42.1 Å². The van der Waals surface area contributed by atoms with Crippen molar-refractivity contribution in [2.24, 2.45) is 0 Å². The molecule has 98 valence electrons. The van der Waals surface area contributed by atoms with Gasteiger partial charge in [0.15, 0.2) is 0 Å². The summed E-state index contributed by atoms with van der Waals surface area (Å²) in [7, 11) is 4.12. The highest BCUT2D eigenvalue weighted by Crippen LogP contribution is 2.20. The maximum Gasteiger partial charge on any atom is 0.323 e. The highest BCUT2D eigenvalue weighted by atomic mass is 16.1. The third-order valence-corrected chi connectivity index (χ3v) is 3.14. The Bertz CT molecular complexity index is 570. The van der Waals surface area contributed by atoms with E-state index in [0.29, 0.717) is 6.04 Å². The van der Waals surface area contributed by atoms with Crippen molar-refractivity contribution in [3.63, 3.8) is 0 Å². The van der Waals surface area contributed by atoms with Gasteiger partial charge in [0.25, 0.3) is 0 Å². The molecule has 0 aliphatic carbocycles. The maximum absolute atomic E-state index is 11.2. The zero-order chi connectivity index (χ0) is 13.1. The molecule has 0 fully saturated rings. The zero-order valence-electron chi connectivity index (χ0n) is 11.1. The number of nitrogens with one attached hydrogen (secondary N) is 3. The molecule has 1 aromatic carbocycles. The highest BCUT2D eigenvalue weighted by molar-refractivity contribution is 5.75. The van der Waals surface area contributed by atoms with E-state index < -0.39 is 0 Å². The van der Waals surface area contributed by atoms with Gasteiger partial charge in [-0.15, -0.1) is 0 Å². The average Bonchev–Trinajstić information content (AvgIpc) is 2.68. The van der Waals surface area contributed by atoms with Gasteiger partial charge in [-0.2, -0.15) is 0 Å². The lowest BCUT2D eigenvalue weighted by atomic mass is 10.1. The molecule has 1 atom stereocenters. The van der Waals surface area contributed by atoms with E-state index in [1.165, 1.54) is 5.56 Å².